The highest BCUT2D eigenvalue weighted by Crippen LogP contribution is 2.31. The summed E-state index contributed by atoms with van der Waals surface area (Å²) in [5.41, 5.74) is 0. The first kappa shape index (κ1) is 12.2. The van der Waals surface area contributed by atoms with Crippen LogP contribution in [0.2, 0.25) is 0 Å². The van der Waals surface area contributed by atoms with Crippen LogP contribution in [0.4, 0.5) is 0 Å². The quantitative estimate of drug-likeness (QED) is 0.931. The number of aromatic nitrogens is 4. The fourth-order valence-electron chi connectivity index (χ4n) is 1.28. The molecule has 2 aromatic heterocycles. The van der Waals surface area contributed by atoms with Gasteiger partial charge in [0.15, 0.2) is 5.82 Å². The molecular weight excluding hydrogens is 308 g/mol. The number of aliphatic carboxylic acids is 1. The van der Waals surface area contributed by atoms with E-state index in [4.69, 9.17) is 5.11 Å². The Morgan fingerprint density at radius 1 is 1.71 bits per heavy atom. The molecule has 0 fully saturated rings. The van der Waals surface area contributed by atoms with E-state index in [2.05, 4.69) is 31.5 Å². The molecule has 0 bridgehead atoms. The lowest BCUT2D eigenvalue weighted by Gasteiger charge is -2.07. The normalized spacial score (nSPS) is 12.6. The Kier molecular flexibility index (Phi) is 3.53. The van der Waals surface area contributed by atoms with Crippen LogP contribution in [-0.4, -0.2) is 31.3 Å². The molecule has 0 saturated carbocycles. The summed E-state index contributed by atoms with van der Waals surface area (Å²) in [4.78, 5) is 11.7. The van der Waals surface area contributed by atoms with E-state index in [0.717, 1.165) is 9.35 Å². The minimum atomic E-state index is -0.864. The SMILES string of the molecule is CC(Cn1nnnc1-c1sccc1Br)C(=O)O. The minimum absolute atomic E-state index is 0.252. The van der Waals surface area contributed by atoms with Gasteiger partial charge < -0.3 is 5.11 Å². The summed E-state index contributed by atoms with van der Waals surface area (Å²) in [6.45, 7) is 1.87. The highest BCUT2D eigenvalue weighted by atomic mass is 79.9. The zero-order chi connectivity index (χ0) is 12.4. The Morgan fingerprint density at radius 3 is 3.06 bits per heavy atom. The number of nitrogens with zero attached hydrogens (tertiary/aromatic N) is 4. The molecule has 17 heavy (non-hydrogen) atoms. The summed E-state index contributed by atoms with van der Waals surface area (Å²) >= 11 is 4.90. The van der Waals surface area contributed by atoms with Crippen LogP contribution in [0, 0.1) is 5.92 Å². The summed E-state index contributed by atoms with van der Waals surface area (Å²) in [5, 5.41) is 22.1. The van der Waals surface area contributed by atoms with Gasteiger partial charge in [0.25, 0.3) is 0 Å². The molecule has 1 atom stereocenters. The van der Waals surface area contributed by atoms with Crippen LogP contribution < -0.4 is 0 Å². The molecule has 0 aromatic carbocycles. The van der Waals surface area contributed by atoms with Gasteiger partial charge in [-0.15, -0.1) is 16.4 Å². The molecule has 0 aliphatic carbocycles. The highest BCUT2D eigenvalue weighted by Gasteiger charge is 2.18. The third-order valence-electron chi connectivity index (χ3n) is 2.22. The molecule has 1 N–H and O–H groups in total. The molecule has 0 radical (unpaired) electrons. The number of hydrogen-bond donors (Lipinski definition) is 1. The van der Waals surface area contributed by atoms with Crippen molar-refractivity contribution >= 4 is 33.2 Å². The summed E-state index contributed by atoms with van der Waals surface area (Å²) in [6.07, 6.45) is 0. The lowest BCUT2D eigenvalue weighted by atomic mass is 10.2. The van der Waals surface area contributed by atoms with Gasteiger partial charge in [-0.2, -0.15) is 0 Å². The summed E-state index contributed by atoms with van der Waals surface area (Å²) in [6, 6.07) is 1.90. The molecule has 0 aliphatic rings. The molecule has 2 rings (SSSR count). The Hall–Kier alpha value is -1.28. The molecule has 8 heteroatoms. The molecule has 90 valence electrons. The Balaban J connectivity index is 2.29. The van der Waals surface area contributed by atoms with E-state index >= 15 is 0 Å². The summed E-state index contributed by atoms with van der Waals surface area (Å²) < 4.78 is 2.41. The molecule has 0 spiro atoms. The molecule has 0 amide bonds. The van der Waals surface area contributed by atoms with Gasteiger partial charge in [-0.25, -0.2) is 4.68 Å². The molecule has 6 nitrogen and oxygen atoms in total. The van der Waals surface area contributed by atoms with Crippen molar-refractivity contribution in [2.45, 2.75) is 13.5 Å². The van der Waals surface area contributed by atoms with Crippen LogP contribution in [0.5, 0.6) is 0 Å². The van der Waals surface area contributed by atoms with Crippen molar-refractivity contribution in [1.82, 2.24) is 20.2 Å². The van der Waals surface area contributed by atoms with E-state index in [9.17, 15) is 4.79 Å². The molecular formula is C9H9BrN4O2S. The van der Waals surface area contributed by atoms with E-state index in [0.29, 0.717) is 5.82 Å². The van der Waals surface area contributed by atoms with Gasteiger partial charge in [0.2, 0.25) is 0 Å². The molecule has 0 aliphatic heterocycles. The van der Waals surface area contributed by atoms with Gasteiger partial charge in [-0.05, 0) is 37.8 Å². The van der Waals surface area contributed by atoms with Crippen LogP contribution in [-0.2, 0) is 11.3 Å². The first-order chi connectivity index (χ1) is 8.09. The van der Waals surface area contributed by atoms with Crippen LogP contribution in [0.1, 0.15) is 6.92 Å². The number of rotatable bonds is 4. The number of thiophene rings is 1. The third kappa shape index (κ3) is 2.52. The lowest BCUT2D eigenvalue weighted by molar-refractivity contribution is -0.141. The average Bonchev–Trinajstić information content (AvgIpc) is 2.86. The Bertz CT molecular complexity index is 539. The Morgan fingerprint density at radius 2 is 2.47 bits per heavy atom. The van der Waals surface area contributed by atoms with Crippen LogP contribution in [0.15, 0.2) is 15.9 Å². The first-order valence-electron chi connectivity index (χ1n) is 4.82. The average molecular weight is 317 g/mol. The molecule has 0 saturated heterocycles. The van der Waals surface area contributed by atoms with Gasteiger partial charge in [0.05, 0.1) is 17.3 Å². The maximum absolute atomic E-state index is 10.8. The molecule has 2 heterocycles. The zero-order valence-electron chi connectivity index (χ0n) is 8.87. The number of carbonyl (C=O) groups is 1. The molecule has 2 aromatic rings. The predicted molar refractivity (Wildman–Crippen MR) is 65.6 cm³/mol. The third-order valence-corrected chi connectivity index (χ3v) is 4.05. The van der Waals surface area contributed by atoms with Crippen LogP contribution in [0.3, 0.4) is 0 Å². The van der Waals surface area contributed by atoms with E-state index in [1.165, 1.54) is 16.0 Å². The second-order valence-corrected chi connectivity index (χ2v) is 5.29. The summed E-state index contributed by atoms with van der Waals surface area (Å²) in [5.74, 6) is -0.812. The molecule has 1 unspecified atom stereocenters. The standard InChI is InChI=1S/C9H9BrN4O2S/c1-5(9(15)16)4-14-8(11-12-13-14)7-6(10)2-3-17-7/h2-3,5H,4H2,1H3,(H,15,16). The van der Waals surface area contributed by atoms with E-state index in [-0.39, 0.29) is 6.54 Å². The number of halogens is 1. The van der Waals surface area contributed by atoms with Crippen molar-refractivity contribution in [1.29, 1.82) is 0 Å². The first-order valence-corrected chi connectivity index (χ1v) is 6.49. The number of carboxylic acids is 1. The maximum Gasteiger partial charge on any atom is 0.308 e. The van der Waals surface area contributed by atoms with Crippen molar-refractivity contribution in [3.05, 3.63) is 15.9 Å². The van der Waals surface area contributed by atoms with Gasteiger partial charge >= 0.3 is 5.97 Å². The fraction of sp³-hybridized carbons (Fsp3) is 0.333. The van der Waals surface area contributed by atoms with Crippen molar-refractivity contribution in [3.63, 3.8) is 0 Å². The number of tetrazole rings is 1. The van der Waals surface area contributed by atoms with Crippen molar-refractivity contribution in [3.8, 4) is 10.7 Å². The second kappa shape index (κ2) is 4.92. The van der Waals surface area contributed by atoms with Crippen molar-refractivity contribution in [2.24, 2.45) is 5.92 Å². The van der Waals surface area contributed by atoms with Crippen molar-refractivity contribution < 1.29 is 9.90 Å². The largest absolute Gasteiger partial charge is 0.481 e. The van der Waals surface area contributed by atoms with Gasteiger partial charge in [0, 0.05) is 4.47 Å². The zero-order valence-corrected chi connectivity index (χ0v) is 11.3. The predicted octanol–water partition coefficient (Wildman–Crippen LogP) is 1.88. The van der Waals surface area contributed by atoms with Gasteiger partial charge in [-0.3, -0.25) is 4.79 Å². The number of carboxylic acid groups (broad SMARTS) is 1. The lowest BCUT2D eigenvalue weighted by Crippen LogP contribution is -2.18. The topological polar surface area (TPSA) is 80.9 Å². The van der Waals surface area contributed by atoms with E-state index < -0.39 is 11.9 Å². The monoisotopic (exact) mass is 316 g/mol. The highest BCUT2D eigenvalue weighted by molar-refractivity contribution is 9.10. The van der Waals surface area contributed by atoms with Crippen LogP contribution >= 0.6 is 27.3 Å². The van der Waals surface area contributed by atoms with Gasteiger partial charge in [0.1, 0.15) is 0 Å². The Labute approximate surface area is 109 Å². The fourth-order valence-corrected chi connectivity index (χ4v) is 2.82. The second-order valence-electron chi connectivity index (χ2n) is 3.52. The van der Waals surface area contributed by atoms with Crippen molar-refractivity contribution in [2.75, 3.05) is 0 Å². The van der Waals surface area contributed by atoms with Crippen LogP contribution in [0.25, 0.3) is 10.7 Å². The summed E-state index contributed by atoms with van der Waals surface area (Å²) in [7, 11) is 0. The van der Waals surface area contributed by atoms with E-state index in [1.807, 2.05) is 11.4 Å². The minimum Gasteiger partial charge on any atom is -0.481 e. The van der Waals surface area contributed by atoms with Gasteiger partial charge in [-0.1, -0.05) is 6.92 Å². The smallest absolute Gasteiger partial charge is 0.308 e. The number of hydrogen-bond acceptors (Lipinski definition) is 5. The van der Waals surface area contributed by atoms with E-state index in [1.54, 1.807) is 6.92 Å². The maximum atomic E-state index is 10.8.